The van der Waals surface area contributed by atoms with Crippen molar-refractivity contribution in [1.29, 1.82) is 0 Å². The monoisotopic (exact) mass is 489 g/mol. The average molecular weight is 490 g/mol. The van der Waals surface area contributed by atoms with Gasteiger partial charge >= 0.3 is 0 Å². The van der Waals surface area contributed by atoms with E-state index >= 15 is 0 Å². The molecule has 0 saturated carbocycles. The molecular formula is C20H16ClN5O4S2. The lowest BCUT2D eigenvalue weighted by Crippen LogP contribution is -2.19. The fraction of sp³-hybridized carbons (Fsp3) is 0.0500. The van der Waals surface area contributed by atoms with Crippen LogP contribution in [0.25, 0.3) is 0 Å². The van der Waals surface area contributed by atoms with E-state index in [2.05, 4.69) is 20.1 Å². The van der Waals surface area contributed by atoms with Gasteiger partial charge in [-0.15, -0.1) is 11.3 Å². The first-order valence-corrected chi connectivity index (χ1v) is 11.9. The summed E-state index contributed by atoms with van der Waals surface area (Å²) in [4.78, 5) is 16.6. The molecule has 12 heteroatoms. The highest BCUT2D eigenvalue weighted by Gasteiger charge is 2.17. The number of rotatable bonds is 8. The third kappa shape index (κ3) is 5.25. The largest absolute Gasteiger partial charge is 0.471 e. The lowest BCUT2D eigenvalue weighted by molar-refractivity contribution is 0.100. The molecule has 2 heterocycles. The van der Waals surface area contributed by atoms with Crippen LogP contribution >= 0.6 is 22.9 Å². The molecule has 4 rings (SSSR count). The number of anilines is 2. The number of halogens is 1. The van der Waals surface area contributed by atoms with E-state index < -0.39 is 15.9 Å². The molecule has 0 fully saturated rings. The highest BCUT2D eigenvalue weighted by atomic mass is 35.5. The van der Waals surface area contributed by atoms with Gasteiger partial charge in [0.1, 0.15) is 11.4 Å². The second-order valence-corrected chi connectivity index (χ2v) is 9.38. The van der Waals surface area contributed by atoms with Crippen molar-refractivity contribution in [3.63, 3.8) is 0 Å². The minimum atomic E-state index is -3.77. The summed E-state index contributed by atoms with van der Waals surface area (Å²) in [5.74, 6) is 0.165. The van der Waals surface area contributed by atoms with Crippen LogP contribution in [0.5, 0.6) is 5.75 Å². The molecule has 2 aromatic heterocycles. The van der Waals surface area contributed by atoms with Crippen LogP contribution in [0, 0.1) is 0 Å². The summed E-state index contributed by atoms with van der Waals surface area (Å²) in [6.07, 6.45) is 2.99. The van der Waals surface area contributed by atoms with Gasteiger partial charge in [0.2, 0.25) is 0 Å². The highest BCUT2D eigenvalue weighted by Crippen LogP contribution is 2.20. The summed E-state index contributed by atoms with van der Waals surface area (Å²) in [6, 6.07) is 14.2. The van der Waals surface area contributed by atoms with Gasteiger partial charge in [0.05, 0.1) is 4.90 Å². The molecule has 0 bridgehead atoms. The number of amides is 1. The predicted molar refractivity (Wildman–Crippen MR) is 122 cm³/mol. The second-order valence-electron chi connectivity index (χ2n) is 6.36. The van der Waals surface area contributed by atoms with Gasteiger partial charge in [0.25, 0.3) is 15.9 Å². The Hall–Kier alpha value is -3.41. The van der Waals surface area contributed by atoms with Crippen LogP contribution in [0.4, 0.5) is 10.8 Å². The van der Waals surface area contributed by atoms with Gasteiger partial charge in [-0.25, -0.2) is 18.1 Å². The van der Waals surface area contributed by atoms with E-state index in [-0.39, 0.29) is 22.5 Å². The summed E-state index contributed by atoms with van der Waals surface area (Å²) in [5.41, 5.74) is 0.704. The minimum absolute atomic E-state index is 0.0248. The maximum Gasteiger partial charge on any atom is 0.274 e. The van der Waals surface area contributed by atoms with Gasteiger partial charge in [-0.2, -0.15) is 5.10 Å². The molecule has 9 nitrogen and oxygen atoms in total. The van der Waals surface area contributed by atoms with E-state index in [0.29, 0.717) is 16.5 Å². The molecule has 1 amide bonds. The Bertz CT molecular complexity index is 1310. The first kappa shape index (κ1) is 21.8. The van der Waals surface area contributed by atoms with Crippen LogP contribution < -0.4 is 14.8 Å². The third-order valence-corrected chi connectivity index (χ3v) is 6.62. The van der Waals surface area contributed by atoms with Crippen molar-refractivity contribution in [2.75, 3.05) is 10.0 Å². The number of aromatic nitrogens is 3. The van der Waals surface area contributed by atoms with Crippen molar-refractivity contribution in [2.45, 2.75) is 11.6 Å². The second kappa shape index (κ2) is 9.39. The van der Waals surface area contributed by atoms with Crippen LogP contribution in [0.1, 0.15) is 10.5 Å². The molecule has 0 radical (unpaired) electrons. The van der Waals surface area contributed by atoms with Crippen LogP contribution in [0.15, 0.2) is 77.3 Å². The Morgan fingerprint density at radius 1 is 1.06 bits per heavy atom. The summed E-state index contributed by atoms with van der Waals surface area (Å²) >= 11 is 7.03. The summed E-state index contributed by atoms with van der Waals surface area (Å²) < 4.78 is 34.2. The number of thiazole rings is 1. The van der Waals surface area contributed by atoms with Gasteiger partial charge in [0, 0.05) is 28.5 Å². The molecule has 0 aliphatic heterocycles. The molecule has 0 aliphatic rings. The number of hydrogen-bond donors (Lipinski definition) is 2. The number of carbonyl (C=O) groups excluding carboxylic acids is 1. The number of nitrogens with zero attached hydrogens (tertiary/aromatic N) is 3. The maximum atomic E-state index is 12.7. The normalized spacial score (nSPS) is 11.2. The topological polar surface area (TPSA) is 115 Å². The van der Waals surface area contributed by atoms with Crippen LogP contribution in [0.2, 0.25) is 5.02 Å². The van der Waals surface area contributed by atoms with Crippen molar-refractivity contribution in [2.24, 2.45) is 0 Å². The van der Waals surface area contributed by atoms with Crippen LogP contribution in [0.3, 0.4) is 0 Å². The van der Waals surface area contributed by atoms with E-state index in [1.807, 2.05) is 0 Å². The number of benzene rings is 2. The molecule has 2 N–H and O–H groups in total. The number of nitrogens with one attached hydrogen (secondary N) is 2. The SMILES string of the molecule is O=C(Nc1ccc(S(=O)(=O)Nc2nccs2)cc1)c1ccnn1COc1ccc(Cl)cc1. The first-order valence-electron chi connectivity index (χ1n) is 9.15. The van der Waals surface area contributed by atoms with E-state index in [1.165, 1.54) is 52.7 Å². The molecule has 0 unspecified atom stereocenters. The molecule has 0 spiro atoms. The molecule has 0 aliphatic carbocycles. The zero-order valence-electron chi connectivity index (χ0n) is 16.3. The molecule has 32 heavy (non-hydrogen) atoms. The average Bonchev–Trinajstić information content (AvgIpc) is 3.45. The fourth-order valence-corrected chi connectivity index (χ4v) is 4.57. The van der Waals surface area contributed by atoms with Crippen LogP contribution in [-0.4, -0.2) is 29.1 Å². The number of ether oxygens (including phenoxy) is 1. The van der Waals surface area contributed by atoms with E-state index in [4.69, 9.17) is 16.3 Å². The number of carbonyl (C=O) groups is 1. The predicted octanol–water partition coefficient (Wildman–Crippen LogP) is 4.08. The maximum absolute atomic E-state index is 12.7. The van der Waals surface area contributed by atoms with Crippen molar-refractivity contribution < 1.29 is 17.9 Å². The zero-order chi connectivity index (χ0) is 22.6. The summed E-state index contributed by atoms with van der Waals surface area (Å²) in [5, 5.41) is 9.36. The molecule has 0 atom stereocenters. The fourth-order valence-electron chi connectivity index (χ4n) is 2.66. The Morgan fingerprint density at radius 2 is 1.81 bits per heavy atom. The van der Waals surface area contributed by atoms with Gasteiger partial charge in [-0.1, -0.05) is 11.6 Å². The van der Waals surface area contributed by atoms with Crippen molar-refractivity contribution in [3.8, 4) is 5.75 Å². The van der Waals surface area contributed by atoms with Gasteiger partial charge in [-0.3, -0.25) is 9.52 Å². The molecule has 4 aromatic rings. The third-order valence-electron chi connectivity index (χ3n) is 4.19. The smallest absolute Gasteiger partial charge is 0.274 e. The Morgan fingerprint density at radius 3 is 2.50 bits per heavy atom. The lowest BCUT2D eigenvalue weighted by atomic mass is 10.3. The molecule has 164 valence electrons. The molecule has 0 saturated heterocycles. The van der Waals surface area contributed by atoms with E-state index in [1.54, 1.807) is 35.7 Å². The first-order chi connectivity index (χ1) is 15.4. The quantitative estimate of drug-likeness (QED) is 0.385. The molecule has 2 aromatic carbocycles. The van der Waals surface area contributed by atoms with Crippen molar-refractivity contribution in [1.82, 2.24) is 14.8 Å². The Balaban J connectivity index is 1.40. The van der Waals surface area contributed by atoms with Crippen molar-refractivity contribution >= 4 is 49.7 Å². The lowest BCUT2D eigenvalue weighted by Gasteiger charge is -2.11. The highest BCUT2D eigenvalue weighted by molar-refractivity contribution is 7.93. The minimum Gasteiger partial charge on any atom is -0.471 e. The number of sulfonamides is 1. The van der Waals surface area contributed by atoms with Crippen LogP contribution in [-0.2, 0) is 16.8 Å². The van der Waals surface area contributed by atoms with Gasteiger partial charge in [0.15, 0.2) is 11.9 Å². The zero-order valence-corrected chi connectivity index (χ0v) is 18.7. The Labute approximate surface area is 192 Å². The van der Waals surface area contributed by atoms with Gasteiger partial charge < -0.3 is 10.1 Å². The van der Waals surface area contributed by atoms with Crippen molar-refractivity contribution in [3.05, 3.63) is 83.1 Å². The molecular weight excluding hydrogens is 474 g/mol. The van der Waals surface area contributed by atoms with E-state index in [0.717, 1.165) is 0 Å². The van der Waals surface area contributed by atoms with Gasteiger partial charge in [-0.05, 0) is 54.6 Å². The number of hydrogen-bond acceptors (Lipinski definition) is 7. The Kier molecular flexibility index (Phi) is 6.40. The summed E-state index contributed by atoms with van der Waals surface area (Å²) in [6.45, 7) is 0.0248. The van der Waals surface area contributed by atoms with E-state index in [9.17, 15) is 13.2 Å². The summed E-state index contributed by atoms with van der Waals surface area (Å²) in [7, 11) is -3.77. The standard InChI is InChI=1S/C20H16ClN5O4S2/c21-14-1-5-16(6-2-14)30-13-26-18(9-10-23-26)19(27)24-15-3-7-17(8-4-15)32(28,29)25-20-22-11-12-31-20/h1-12H,13H2,(H,22,25)(H,24,27).